The van der Waals surface area contributed by atoms with Gasteiger partial charge < -0.3 is 24.0 Å². The fourth-order valence-corrected chi connectivity index (χ4v) is 3.45. The normalized spacial score (nSPS) is 16.8. The maximum atomic E-state index is 12.8. The summed E-state index contributed by atoms with van der Waals surface area (Å²) in [5.41, 5.74) is 0.406. The molecule has 1 atom stereocenters. The van der Waals surface area contributed by atoms with Crippen LogP contribution in [-0.4, -0.2) is 46.7 Å². The van der Waals surface area contributed by atoms with E-state index in [1.54, 1.807) is 24.3 Å². The van der Waals surface area contributed by atoms with E-state index in [-0.39, 0.29) is 12.5 Å². The van der Waals surface area contributed by atoms with E-state index >= 15 is 0 Å². The molecule has 1 amide bonds. The van der Waals surface area contributed by atoms with Crippen LogP contribution in [0.5, 0.6) is 11.6 Å². The molecule has 0 aliphatic carbocycles. The monoisotopic (exact) mass is 438 g/mol. The van der Waals surface area contributed by atoms with Crippen LogP contribution in [0.15, 0.2) is 33.3 Å². The molecule has 27 heavy (non-hydrogen) atoms. The van der Waals surface area contributed by atoms with E-state index in [1.165, 1.54) is 12.0 Å². The van der Waals surface area contributed by atoms with E-state index in [4.69, 9.17) is 14.0 Å². The molecular weight excluding hydrogens is 420 g/mol. The first kappa shape index (κ1) is 19.2. The number of piperidine rings is 1. The van der Waals surface area contributed by atoms with Crippen molar-refractivity contribution in [1.29, 1.82) is 0 Å². The van der Waals surface area contributed by atoms with Crippen molar-refractivity contribution in [1.82, 2.24) is 10.1 Å². The van der Waals surface area contributed by atoms with Crippen molar-refractivity contribution in [2.75, 3.05) is 13.7 Å². The number of methoxy groups -OCH3 is 1. The molecule has 1 saturated heterocycles. The van der Waals surface area contributed by atoms with Crippen LogP contribution in [0.1, 0.15) is 35.4 Å². The number of carboxylic acids is 1. The van der Waals surface area contributed by atoms with Gasteiger partial charge in [0, 0.05) is 18.2 Å². The molecule has 1 unspecified atom stereocenters. The van der Waals surface area contributed by atoms with Crippen LogP contribution < -0.4 is 9.47 Å². The number of aliphatic carboxylic acids is 1. The maximum absolute atomic E-state index is 12.8. The average molecular weight is 439 g/mol. The molecular formula is C18H19BrN2O6. The third kappa shape index (κ3) is 4.41. The number of ether oxygens (including phenoxy) is 2. The Morgan fingerprint density at radius 3 is 2.85 bits per heavy atom. The van der Waals surface area contributed by atoms with Gasteiger partial charge in [0.05, 0.1) is 11.6 Å². The quantitative estimate of drug-likeness (QED) is 0.738. The third-order valence-corrected chi connectivity index (χ3v) is 4.96. The number of likely N-dealkylation sites (tertiary alicyclic amines) is 1. The minimum absolute atomic E-state index is 0.148. The lowest BCUT2D eigenvalue weighted by Crippen LogP contribution is -2.47. The second-order valence-corrected chi connectivity index (χ2v) is 6.97. The minimum atomic E-state index is -0.968. The number of rotatable bonds is 6. The zero-order valence-corrected chi connectivity index (χ0v) is 16.3. The van der Waals surface area contributed by atoms with Crippen molar-refractivity contribution in [2.45, 2.75) is 31.9 Å². The summed E-state index contributed by atoms with van der Waals surface area (Å²) >= 11 is 3.39. The SMILES string of the molecule is COc1cc(COc2ccc(C(=O)N3CCCCC3C(=O)O)cc2Br)on1. The van der Waals surface area contributed by atoms with Gasteiger partial charge in [-0.2, -0.15) is 0 Å². The Labute approximate surface area is 164 Å². The van der Waals surface area contributed by atoms with Gasteiger partial charge in [-0.25, -0.2) is 4.79 Å². The first-order chi connectivity index (χ1) is 13.0. The predicted molar refractivity (Wildman–Crippen MR) is 97.8 cm³/mol. The van der Waals surface area contributed by atoms with Gasteiger partial charge in [-0.15, -0.1) is 0 Å². The van der Waals surface area contributed by atoms with Crippen molar-refractivity contribution >= 4 is 27.8 Å². The lowest BCUT2D eigenvalue weighted by Gasteiger charge is -2.33. The van der Waals surface area contributed by atoms with Crippen LogP contribution in [0.3, 0.4) is 0 Å². The van der Waals surface area contributed by atoms with E-state index in [2.05, 4.69) is 21.1 Å². The van der Waals surface area contributed by atoms with Gasteiger partial charge in [0.25, 0.3) is 11.8 Å². The Morgan fingerprint density at radius 2 is 2.19 bits per heavy atom. The molecule has 8 nitrogen and oxygen atoms in total. The summed E-state index contributed by atoms with van der Waals surface area (Å²) in [6.07, 6.45) is 2.09. The Kier molecular flexibility index (Phi) is 6.00. The topological polar surface area (TPSA) is 102 Å². The molecule has 1 aromatic heterocycles. The van der Waals surface area contributed by atoms with Crippen LogP contribution in [0.2, 0.25) is 0 Å². The number of halogens is 1. The second-order valence-electron chi connectivity index (χ2n) is 6.12. The summed E-state index contributed by atoms with van der Waals surface area (Å²) < 4.78 is 16.3. The molecule has 9 heteroatoms. The molecule has 1 aromatic carbocycles. The van der Waals surface area contributed by atoms with Gasteiger partial charge >= 0.3 is 5.97 Å². The Morgan fingerprint density at radius 1 is 1.37 bits per heavy atom. The summed E-state index contributed by atoms with van der Waals surface area (Å²) in [7, 11) is 1.49. The smallest absolute Gasteiger partial charge is 0.326 e. The largest absolute Gasteiger partial charge is 0.484 e. The fraction of sp³-hybridized carbons (Fsp3) is 0.389. The van der Waals surface area contributed by atoms with E-state index in [9.17, 15) is 14.7 Å². The minimum Gasteiger partial charge on any atom is -0.484 e. The van der Waals surface area contributed by atoms with Crippen molar-refractivity contribution in [3.8, 4) is 11.6 Å². The first-order valence-electron chi connectivity index (χ1n) is 8.45. The van der Waals surface area contributed by atoms with E-state index in [0.717, 1.165) is 12.8 Å². The molecule has 0 radical (unpaired) electrons. The van der Waals surface area contributed by atoms with E-state index in [0.29, 0.717) is 40.4 Å². The van der Waals surface area contributed by atoms with Crippen LogP contribution >= 0.6 is 15.9 Å². The van der Waals surface area contributed by atoms with Crippen LogP contribution in [0, 0.1) is 0 Å². The molecule has 1 fully saturated rings. The highest BCUT2D eigenvalue weighted by molar-refractivity contribution is 9.10. The number of carboxylic acid groups (broad SMARTS) is 1. The number of hydrogen-bond donors (Lipinski definition) is 1. The van der Waals surface area contributed by atoms with Crippen LogP contribution in [0.25, 0.3) is 0 Å². The number of aromatic nitrogens is 1. The highest BCUT2D eigenvalue weighted by Crippen LogP contribution is 2.29. The van der Waals surface area contributed by atoms with Gasteiger partial charge in [-0.05, 0) is 58.5 Å². The fourth-order valence-electron chi connectivity index (χ4n) is 2.96. The second kappa shape index (κ2) is 8.43. The van der Waals surface area contributed by atoms with Crippen LogP contribution in [-0.2, 0) is 11.4 Å². The number of carbonyl (C=O) groups excluding carboxylic acids is 1. The summed E-state index contributed by atoms with van der Waals surface area (Å²) in [4.78, 5) is 25.6. The van der Waals surface area contributed by atoms with E-state index < -0.39 is 12.0 Å². The summed E-state index contributed by atoms with van der Waals surface area (Å²) in [6, 6.07) is 5.75. The molecule has 2 heterocycles. The average Bonchev–Trinajstić information content (AvgIpc) is 3.14. The molecule has 144 valence electrons. The van der Waals surface area contributed by atoms with Gasteiger partial charge in [-0.3, -0.25) is 4.79 Å². The van der Waals surface area contributed by atoms with Crippen molar-refractivity contribution in [3.63, 3.8) is 0 Å². The highest BCUT2D eigenvalue weighted by Gasteiger charge is 2.32. The molecule has 0 bridgehead atoms. The molecule has 0 saturated carbocycles. The number of nitrogens with zero attached hydrogens (tertiary/aromatic N) is 2. The predicted octanol–water partition coefficient (Wildman–Crippen LogP) is 3.10. The maximum Gasteiger partial charge on any atom is 0.326 e. The van der Waals surface area contributed by atoms with Gasteiger partial charge in [0.1, 0.15) is 18.4 Å². The molecule has 0 spiro atoms. The van der Waals surface area contributed by atoms with Crippen molar-refractivity contribution in [3.05, 3.63) is 40.1 Å². The summed E-state index contributed by atoms with van der Waals surface area (Å²) in [6.45, 7) is 0.592. The lowest BCUT2D eigenvalue weighted by molar-refractivity contribution is -0.143. The van der Waals surface area contributed by atoms with Crippen molar-refractivity contribution in [2.24, 2.45) is 0 Å². The molecule has 3 rings (SSSR count). The third-order valence-electron chi connectivity index (χ3n) is 4.34. The number of hydrogen-bond acceptors (Lipinski definition) is 6. The Hall–Kier alpha value is -2.55. The standard InChI is InChI=1S/C18H19BrN2O6/c1-25-16-9-12(27-20-16)10-26-15-6-5-11(8-13(15)19)17(22)21-7-3-2-4-14(21)18(23)24/h5-6,8-9,14H,2-4,7,10H2,1H3,(H,23,24). The van der Waals surface area contributed by atoms with Crippen LogP contribution in [0.4, 0.5) is 0 Å². The number of benzene rings is 1. The zero-order chi connectivity index (χ0) is 19.4. The van der Waals surface area contributed by atoms with Gasteiger partial charge in [0.15, 0.2) is 5.76 Å². The lowest BCUT2D eigenvalue weighted by atomic mass is 10.0. The first-order valence-corrected chi connectivity index (χ1v) is 9.24. The van der Waals surface area contributed by atoms with Gasteiger partial charge in [0.2, 0.25) is 0 Å². The summed E-state index contributed by atoms with van der Waals surface area (Å²) in [5, 5.41) is 13.0. The van der Waals surface area contributed by atoms with E-state index in [1.807, 2.05) is 0 Å². The van der Waals surface area contributed by atoms with Gasteiger partial charge in [-0.1, -0.05) is 0 Å². The summed E-state index contributed by atoms with van der Waals surface area (Å²) in [5.74, 6) is 0.119. The molecule has 1 N–H and O–H groups in total. The Balaban J connectivity index is 1.69. The zero-order valence-electron chi connectivity index (χ0n) is 14.7. The molecule has 2 aromatic rings. The number of amides is 1. The Bertz CT molecular complexity index is 837. The molecule has 1 aliphatic rings. The van der Waals surface area contributed by atoms with Crippen molar-refractivity contribution < 1.29 is 28.7 Å². The number of carbonyl (C=O) groups is 2. The molecule has 1 aliphatic heterocycles. The highest BCUT2D eigenvalue weighted by atomic mass is 79.9.